The Balaban J connectivity index is 2.92. The number of nitrogens with zero attached hydrogens (tertiary/aromatic N) is 1. The predicted molar refractivity (Wildman–Crippen MR) is 21.1 cm³/mol. The monoisotopic (exact) mass is 68.0 g/mol. The van der Waals surface area contributed by atoms with Crippen molar-refractivity contribution in [3.8, 4) is 0 Å². The van der Waals surface area contributed by atoms with Crippen molar-refractivity contribution in [3.63, 3.8) is 0 Å². The Bertz CT molecular complexity index is 46.9. The molecule has 2 heteroatoms. The highest BCUT2D eigenvalue weighted by Crippen LogP contribution is 1.39. The fourth-order valence-corrected chi connectivity index (χ4v) is 0.0559. The van der Waals surface area contributed by atoms with E-state index in [0.29, 0.717) is 0 Å². The first kappa shape index (κ1) is 4.34. The number of nitrogens with one attached hydrogen (secondary N) is 1. The molecule has 0 aliphatic carbocycles. The molecule has 26 valence electrons. The molecule has 0 saturated carbocycles. The lowest BCUT2D eigenvalue weighted by Crippen LogP contribution is -1.65. The molecule has 0 aromatic heterocycles. The van der Waals surface area contributed by atoms with E-state index < -0.39 is 0 Å². The van der Waals surface area contributed by atoms with Gasteiger partial charge in [-0.05, 0) is 0 Å². The minimum Gasteiger partial charge on any atom is -0.296 e. The second-order valence-corrected chi connectivity index (χ2v) is 0.460. The van der Waals surface area contributed by atoms with Crippen molar-refractivity contribution in [2.45, 2.75) is 0 Å². The molecular formula is C3H4N2. The summed E-state index contributed by atoms with van der Waals surface area (Å²) in [6, 6.07) is 0. The smallest absolute Gasteiger partial charge is 0.112 e. The molecule has 5 heavy (non-hydrogen) atoms. The summed E-state index contributed by atoms with van der Waals surface area (Å²) in [4.78, 5) is 3.31. The van der Waals surface area contributed by atoms with Gasteiger partial charge in [0.2, 0.25) is 0 Å². The van der Waals surface area contributed by atoms with E-state index in [-0.39, 0.29) is 0 Å². The molecule has 0 aliphatic rings. The average molecular weight is 68.1 g/mol. The first-order valence-electron chi connectivity index (χ1n) is 1.17. The molecular weight excluding hydrogens is 64.0 g/mol. The molecule has 0 rings (SSSR count). The number of hydrogen-bond donors (Lipinski definition) is 1. The summed E-state index contributed by atoms with van der Waals surface area (Å²) in [5.74, 6) is 0. The van der Waals surface area contributed by atoms with Gasteiger partial charge in [-0.15, -0.1) is 0 Å². The summed E-state index contributed by atoms with van der Waals surface area (Å²) >= 11 is 0. The molecule has 0 unspecified atom stereocenters. The van der Waals surface area contributed by atoms with E-state index in [9.17, 15) is 0 Å². The molecule has 1 N–H and O–H groups in total. The lowest BCUT2D eigenvalue weighted by molar-refractivity contribution is 1.48. The molecule has 2 nitrogen and oxygen atoms in total. The Morgan fingerprint density at radius 3 is 2.40 bits per heavy atom. The standard InChI is InChI=1S/C3H4N2/c1-5-3-2-4/h4H,1H3. The van der Waals surface area contributed by atoms with Gasteiger partial charge in [-0.1, -0.05) is 0 Å². The third-order valence-corrected chi connectivity index (χ3v) is 0.168. The van der Waals surface area contributed by atoms with Gasteiger partial charge in [0.05, 0.1) is 0 Å². The Morgan fingerprint density at radius 1 is 1.80 bits per heavy atom. The van der Waals surface area contributed by atoms with Gasteiger partial charge in [-0.25, -0.2) is 0 Å². The number of rotatable bonds is 1. The first-order valence-corrected chi connectivity index (χ1v) is 1.17. The number of aliphatic imine (C=N–C) groups is 1. The van der Waals surface area contributed by atoms with Crippen molar-refractivity contribution in [2.75, 3.05) is 7.05 Å². The van der Waals surface area contributed by atoms with E-state index >= 15 is 0 Å². The van der Waals surface area contributed by atoms with Gasteiger partial charge in [0.25, 0.3) is 0 Å². The van der Waals surface area contributed by atoms with Gasteiger partial charge in [-0.2, -0.15) is 0 Å². The molecule has 2 radical (unpaired) electrons. The summed E-state index contributed by atoms with van der Waals surface area (Å²) in [6.45, 7) is 0. The molecule has 0 aromatic carbocycles. The molecule has 0 spiro atoms. The van der Waals surface area contributed by atoms with Crippen molar-refractivity contribution in [3.05, 3.63) is 0 Å². The summed E-state index contributed by atoms with van der Waals surface area (Å²) in [5.41, 5.74) is 0. The molecule has 0 bridgehead atoms. The van der Waals surface area contributed by atoms with Crippen LogP contribution in [0.15, 0.2) is 4.99 Å². The fourth-order valence-electron chi connectivity index (χ4n) is 0.0559. The maximum Gasteiger partial charge on any atom is 0.112 e. The van der Waals surface area contributed by atoms with Crippen molar-refractivity contribution in [1.29, 1.82) is 5.41 Å². The highest BCUT2D eigenvalue weighted by atomic mass is 14.6. The second-order valence-electron chi connectivity index (χ2n) is 0.460. The van der Waals surface area contributed by atoms with E-state index in [0.717, 1.165) is 0 Å². The normalized spacial score (nSPS) is 9.00. The van der Waals surface area contributed by atoms with Gasteiger partial charge >= 0.3 is 0 Å². The zero-order valence-electron chi connectivity index (χ0n) is 2.95. The zero-order valence-corrected chi connectivity index (χ0v) is 2.95. The number of hydrogen-bond acceptors (Lipinski definition) is 2. The molecule has 0 aliphatic heterocycles. The van der Waals surface area contributed by atoms with Crippen LogP contribution in [0.2, 0.25) is 0 Å². The lowest BCUT2D eigenvalue weighted by atomic mass is 10.8. The van der Waals surface area contributed by atoms with Crippen molar-refractivity contribution < 1.29 is 0 Å². The van der Waals surface area contributed by atoms with E-state index in [1.54, 1.807) is 7.05 Å². The van der Waals surface area contributed by atoms with Crippen LogP contribution in [0.5, 0.6) is 0 Å². The topological polar surface area (TPSA) is 36.2 Å². The van der Waals surface area contributed by atoms with Crippen LogP contribution in [0.3, 0.4) is 0 Å². The van der Waals surface area contributed by atoms with E-state index in [4.69, 9.17) is 5.41 Å². The zero-order chi connectivity index (χ0) is 4.12. The van der Waals surface area contributed by atoms with Crippen LogP contribution >= 0.6 is 0 Å². The minimum atomic E-state index is 1.54. The third kappa shape index (κ3) is 3.34. The average Bonchev–Trinajstić information content (AvgIpc) is 1.41. The molecule has 0 aromatic rings. The molecule has 0 heterocycles. The van der Waals surface area contributed by atoms with Crippen LogP contribution < -0.4 is 0 Å². The van der Waals surface area contributed by atoms with Gasteiger partial charge in [0.15, 0.2) is 0 Å². The van der Waals surface area contributed by atoms with Crippen LogP contribution in [-0.4, -0.2) is 19.5 Å². The summed E-state index contributed by atoms with van der Waals surface area (Å²) in [5, 5.41) is 6.15. The second kappa shape index (κ2) is 3.34. The van der Waals surface area contributed by atoms with Crippen molar-refractivity contribution >= 4 is 12.4 Å². The summed E-state index contributed by atoms with van der Waals surface area (Å²) in [7, 11) is 1.54. The van der Waals surface area contributed by atoms with Crippen LogP contribution in [0.1, 0.15) is 0 Å². The van der Waals surface area contributed by atoms with Gasteiger partial charge in [0.1, 0.15) is 12.4 Å². The summed E-state index contributed by atoms with van der Waals surface area (Å²) < 4.78 is 0. The highest BCUT2D eigenvalue weighted by molar-refractivity contribution is 6.14. The predicted octanol–water partition coefficient (Wildman–Crippen LogP) is 0.0906. The quantitative estimate of drug-likeness (QED) is 0.423. The molecule has 0 saturated heterocycles. The summed E-state index contributed by atoms with van der Waals surface area (Å²) in [6.07, 6.45) is 4.00. The van der Waals surface area contributed by atoms with Crippen molar-refractivity contribution in [2.24, 2.45) is 4.99 Å². The van der Waals surface area contributed by atoms with Crippen LogP contribution in [0.4, 0.5) is 0 Å². The lowest BCUT2D eigenvalue weighted by Gasteiger charge is -1.53. The van der Waals surface area contributed by atoms with Gasteiger partial charge in [0, 0.05) is 7.05 Å². The Hall–Kier alpha value is -0.660. The van der Waals surface area contributed by atoms with Crippen LogP contribution in [-0.2, 0) is 0 Å². The fraction of sp³-hybridized carbons (Fsp3) is 0.333. The van der Waals surface area contributed by atoms with Gasteiger partial charge in [-0.3, -0.25) is 10.4 Å². The SMILES string of the molecule is C/N=[C]/[C]=N. The van der Waals surface area contributed by atoms with E-state index in [2.05, 4.69) is 11.2 Å². The maximum atomic E-state index is 6.15. The van der Waals surface area contributed by atoms with Crippen LogP contribution in [0, 0.1) is 5.41 Å². The van der Waals surface area contributed by atoms with E-state index in [1.165, 1.54) is 0 Å². The Kier molecular flexibility index (Phi) is 2.90. The van der Waals surface area contributed by atoms with Crippen molar-refractivity contribution in [1.82, 2.24) is 0 Å². The van der Waals surface area contributed by atoms with Gasteiger partial charge < -0.3 is 0 Å². The Morgan fingerprint density at radius 2 is 2.40 bits per heavy atom. The largest absolute Gasteiger partial charge is 0.296 e. The maximum absolute atomic E-state index is 6.15. The van der Waals surface area contributed by atoms with Crippen LogP contribution in [0.25, 0.3) is 0 Å². The molecule has 0 atom stereocenters. The third-order valence-electron chi connectivity index (χ3n) is 0.168. The first-order chi connectivity index (χ1) is 2.41. The Labute approximate surface area is 31.0 Å². The molecule has 0 fully saturated rings. The van der Waals surface area contributed by atoms with E-state index in [1.807, 2.05) is 6.21 Å². The molecule has 0 amide bonds. The minimum absolute atomic E-state index is 1.54. The highest BCUT2D eigenvalue weighted by Gasteiger charge is 1.49.